The Morgan fingerprint density at radius 2 is 2.16 bits per heavy atom. The second-order valence-corrected chi connectivity index (χ2v) is 8.45. The number of halogens is 2. The Bertz CT molecular complexity index is 617. The van der Waals surface area contributed by atoms with Crippen molar-refractivity contribution >= 4 is 47.3 Å². The summed E-state index contributed by atoms with van der Waals surface area (Å²) in [5, 5.41) is 0. The third-order valence-corrected chi connectivity index (χ3v) is 4.84. The number of anilines is 1. The highest BCUT2D eigenvalue weighted by molar-refractivity contribution is 9.10. The predicted octanol–water partition coefficient (Wildman–Crippen LogP) is 2.68. The molecule has 0 aliphatic carbocycles. The zero-order chi connectivity index (χ0) is 14.2. The van der Waals surface area contributed by atoms with Gasteiger partial charge in [-0.1, -0.05) is 22.0 Å². The van der Waals surface area contributed by atoms with Gasteiger partial charge in [-0.05, 0) is 24.6 Å². The minimum absolute atomic E-state index is 0.0634. The van der Waals surface area contributed by atoms with Crippen molar-refractivity contribution in [2.75, 3.05) is 17.2 Å². The fourth-order valence-electron chi connectivity index (χ4n) is 2.28. The molecule has 7 heteroatoms. The van der Waals surface area contributed by atoms with Gasteiger partial charge in [0.2, 0.25) is 15.0 Å². The number of hydrogen-bond acceptors (Lipinski definition) is 3. The largest absolute Gasteiger partial charge is 0.312 e. The standard InChI is InChI=1S/C12H13BrClNO3S/c1-8-2-3-10(13)5-11(8)15-6-9(4-12(15)16)7-19(14,17)18/h2-3,5,9H,4,6-7H2,1H3. The third kappa shape index (κ3) is 3.70. The van der Waals surface area contributed by atoms with Crippen LogP contribution in [0.5, 0.6) is 0 Å². The number of hydrogen-bond donors (Lipinski definition) is 0. The molecule has 1 aromatic rings. The van der Waals surface area contributed by atoms with Crippen molar-refractivity contribution in [1.29, 1.82) is 0 Å². The maximum absolute atomic E-state index is 12.0. The van der Waals surface area contributed by atoms with Crippen LogP contribution < -0.4 is 4.90 Å². The highest BCUT2D eigenvalue weighted by Crippen LogP contribution is 2.31. The smallest absolute Gasteiger partial charge is 0.232 e. The van der Waals surface area contributed by atoms with E-state index in [1.807, 2.05) is 25.1 Å². The van der Waals surface area contributed by atoms with E-state index in [0.717, 1.165) is 15.7 Å². The maximum Gasteiger partial charge on any atom is 0.232 e. The van der Waals surface area contributed by atoms with Gasteiger partial charge in [0.1, 0.15) is 0 Å². The average Bonchev–Trinajstić information content (AvgIpc) is 2.60. The Morgan fingerprint density at radius 3 is 2.79 bits per heavy atom. The first-order chi connectivity index (χ1) is 8.76. The Morgan fingerprint density at radius 1 is 1.47 bits per heavy atom. The van der Waals surface area contributed by atoms with Crippen LogP contribution >= 0.6 is 26.6 Å². The van der Waals surface area contributed by atoms with Gasteiger partial charge >= 0.3 is 0 Å². The summed E-state index contributed by atoms with van der Waals surface area (Å²) >= 11 is 3.37. The number of nitrogens with zero attached hydrogens (tertiary/aromatic N) is 1. The molecule has 1 aliphatic rings. The van der Waals surface area contributed by atoms with Crippen LogP contribution in [0, 0.1) is 12.8 Å². The molecule has 19 heavy (non-hydrogen) atoms. The van der Waals surface area contributed by atoms with Crippen molar-refractivity contribution in [2.45, 2.75) is 13.3 Å². The minimum Gasteiger partial charge on any atom is -0.312 e. The van der Waals surface area contributed by atoms with Gasteiger partial charge in [-0.25, -0.2) is 8.42 Å². The molecule has 1 atom stereocenters. The van der Waals surface area contributed by atoms with E-state index in [4.69, 9.17) is 10.7 Å². The van der Waals surface area contributed by atoms with Crippen LogP contribution in [0.2, 0.25) is 0 Å². The van der Waals surface area contributed by atoms with Crippen LogP contribution in [0.1, 0.15) is 12.0 Å². The van der Waals surface area contributed by atoms with Gasteiger partial charge in [0.25, 0.3) is 0 Å². The summed E-state index contributed by atoms with van der Waals surface area (Å²) in [6.07, 6.45) is 0.220. The molecule has 0 N–H and O–H groups in total. The number of amides is 1. The van der Waals surface area contributed by atoms with E-state index in [-0.39, 0.29) is 24.0 Å². The van der Waals surface area contributed by atoms with Gasteiger partial charge in [0.05, 0.1) is 5.75 Å². The van der Waals surface area contributed by atoms with Gasteiger partial charge in [-0.15, -0.1) is 0 Å². The molecular formula is C12H13BrClNO3S. The fourth-order valence-corrected chi connectivity index (χ4v) is 3.95. The van der Waals surface area contributed by atoms with Gasteiger partial charge in [0.15, 0.2) is 0 Å². The molecule has 1 amide bonds. The fraction of sp³-hybridized carbons (Fsp3) is 0.417. The molecule has 1 aliphatic heterocycles. The molecule has 1 saturated heterocycles. The molecule has 1 heterocycles. The topological polar surface area (TPSA) is 54.5 Å². The lowest BCUT2D eigenvalue weighted by Crippen LogP contribution is -2.26. The summed E-state index contributed by atoms with van der Waals surface area (Å²) in [4.78, 5) is 13.6. The maximum atomic E-state index is 12.0. The monoisotopic (exact) mass is 365 g/mol. The lowest BCUT2D eigenvalue weighted by Gasteiger charge is -2.19. The highest BCUT2D eigenvalue weighted by atomic mass is 79.9. The van der Waals surface area contributed by atoms with E-state index < -0.39 is 9.05 Å². The van der Waals surface area contributed by atoms with E-state index in [2.05, 4.69) is 15.9 Å². The number of carbonyl (C=O) groups excluding carboxylic acids is 1. The summed E-state index contributed by atoms with van der Waals surface area (Å²) in [5.41, 5.74) is 1.79. The van der Waals surface area contributed by atoms with Crippen molar-refractivity contribution in [3.8, 4) is 0 Å². The van der Waals surface area contributed by atoms with Crippen molar-refractivity contribution in [2.24, 2.45) is 5.92 Å². The van der Waals surface area contributed by atoms with Crippen LogP contribution in [0.4, 0.5) is 5.69 Å². The summed E-state index contributed by atoms with van der Waals surface area (Å²) < 4.78 is 23.1. The van der Waals surface area contributed by atoms with E-state index in [9.17, 15) is 13.2 Å². The number of benzene rings is 1. The van der Waals surface area contributed by atoms with Crippen molar-refractivity contribution in [3.63, 3.8) is 0 Å². The van der Waals surface area contributed by atoms with Gasteiger partial charge in [0, 0.05) is 39.7 Å². The minimum atomic E-state index is -3.57. The molecule has 0 bridgehead atoms. The Kier molecular flexibility index (Phi) is 4.23. The lowest BCUT2D eigenvalue weighted by molar-refractivity contribution is -0.117. The van der Waals surface area contributed by atoms with Gasteiger partial charge in [-0.3, -0.25) is 4.79 Å². The first kappa shape index (κ1) is 14.8. The highest BCUT2D eigenvalue weighted by Gasteiger charge is 2.33. The van der Waals surface area contributed by atoms with E-state index in [1.54, 1.807) is 4.90 Å². The second kappa shape index (κ2) is 5.42. The van der Waals surface area contributed by atoms with Crippen LogP contribution in [0.15, 0.2) is 22.7 Å². The SMILES string of the molecule is Cc1ccc(Br)cc1N1CC(CS(=O)(=O)Cl)CC1=O. The second-order valence-electron chi connectivity index (χ2n) is 4.71. The molecule has 0 saturated carbocycles. The molecule has 2 rings (SSSR count). The molecule has 0 radical (unpaired) electrons. The predicted molar refractivity (Wildman–Crippen MR) is 79.0 cm³/mol. The summed E-state index contributed by atoms with van der Waals surface area (Å²) in [6.45, 7) is 2.31. The van der Waals surface area contributed by atoms with Gasteiger partial charge < -0.3 is 4.90 Å². The molecule has 1 unspecified atom stereocenters. The Hall–Kier alpha value is -0.590. The average molecular weight is 367 g/mol. The summed E-state index contributed by atoms with van der Waals surface area (Å²) in [6, 6.07) is 5.68. The Labute approximate surface area is 125 Å². The quantitative estimate of drug-likeness (QED) is 0.773. The zero-order valence-electron chi connectivity index (χ0n) is 10.3. The molecule has 1 fully saturated rings. The number of rotatable bonds is 3. The van der Waals surface area contributed by atoms with Crippen LogP contribution in [-0.2, 0) is 13.8 Å². The number of aryl methyl sites for hydroxylation is 1. The Balaban J connectivity index is 2.23. The first-order valence-corrected chi connectivity index (χ1v) is 9.02. The summed E-state index contributed by atoms with van der Waals surface area (Å²) in [7, 11) is 1.68. The van der Waals surface area contributed by atoms with Gasteiger partial charge in [-0.2, -0.15) is 0 Å². The normalized spacial score (nSPS) is 20.1. The molecular weight excluding hydrogens is 354 g/mol. The third-order valence-electron chi connectivity index (χ3n) is 3.10. The van der Waals surface area contributed by atoms with E-state index >= 15 is 0 Å². The number of carbonyl (C=O) groups is 1. The van der Waals surface area contributed by atoms with E-state index in [1.165, 1.54) is 0 Å². The van der Waals surface area contributed by atoms with Crippen molar-refractivity contribution < 1.29 is 13.2 Å². The van der Waals surface area contributed by atoms with Crippen molar-refractivity contribution in [3.05, 3.63) is 28.2 Å². The molecule has 104 valence electrons. The first-order valence-electron chi connectivity index (χ1n) is 5.75. The molecule has 4 nitrogen and oxygen atoms in total. The van der Waals surface area contributed by atoms with Crippen molar-refractivity contribution in [1.82, 2.24) is 0 Å². The van der Waals surface area contributed by atoms with Crippen LogP contribution in [0.25, 0.3) is 0 Å². The molecule has 0 spiro atoms. The lowest BCUT2D eigenvalue weighted by atomic mass is 10.1. The summed E-state index contributed by atoms with van der Waals surface area (Å²) in [5.74, 6) is -0.469. The molecule has 0 aromatic heterocycles. The van der Waals surface area contributed by atoms with E-state index in [0.29, 0.717) is 6.54 Å². The molecule has 1 aromatic carbocycles. The zero-order valence-corrected chi connectivity index (χ0v) is 13.4. The van der Waals surface area contributed by atoms with Crippen LogP contribution in [-0.4, -0.2) is 26.6 Å². The van der Waals surface area contributed by atoms with Crippen LogP contribution in [0.3, 0.4) is 0 Å².